The lowest BCUT2D eigenvalue weighted by Crippen LogP contribution is -2.24. The van der Waals surface area contributed by atoms with E-state index in [2.05, 4.69) is 13.8 Å². The van der Waals surface area contributed by atoms with Crippen molar-refractivity contribution >= 4 is 23.5 Å². The molecule has 0 radical (unpaired) electrons. The summed E-state index contributed by atoms with van der Waals surface area (Å²) in [7, 11) is -4.41. The van der Waals surface area contributed by atoms with Crippen LogP contribution < -0.4 is 14.8 Å². The van der Waals surface area contributed by atoms with Crippen molar-refractivity contribution in [2.75, 3.05) is 13.2 Å². The summed E-state index contributed by atoms with van der Waals surface area (Å²) in [5.74, 6) is 0.836. The lowest BCUT2D eigenvalue weighted by Gasteiger charge is -2.23. The van der Waals surface area contributed by atoms with Gasteiger partial charge in [-0.2, -0.15) is 0 Å². The van der Waals surface area contributed by atoms with Gasteiger partial charge < -0.3 is 14.0 Å². The third-order valence-corrected chi connectivity index (χ3v) is 9.89. The summed E-state index contributed by atoms with van der Waals surface area (Å²) in [5.41, 5.74) is 2.05. The maximum Gasteiger partial charge on any atom is 0.252 e. The number of benzene rings is 3. The fraction of sp³-hybridized carbons (Fsp3) is 0.412. The van der Waals surface area contributed by atoms with E-state index >= 15 is 4.57 Å². The van der Waals surface area contributed by atoms with Gasteiger partial charge in [0.15, 0.2) is 0 Å². The average molecular weight is 563 g/mol. The van der Waals surface area contributed by atoms with Gasteiger partial charge in [-0.3, -0.25) is 9.59 Å². The predicted molar refractivity (Wildman–Crippen MR) is 164 cm³/mol. The molecule has 0 aromatic heterocycles. The van der Waals surface area contributed by atoms with Crippen LogP contribution in [0.5, 0.6) is 11.5 Å². The van der Waals surface area contributed by atoms with Crippen molar-refractivity contribution in [1.82, 2.24) is 0 Å². The number of carbonyl (C=O) groups is 2. The van der Waals surface area contributed by atoms with Crippen LogP contribution in [0.3, 0.4) is 0 Å². The molecule has 0 aliphatic heterocycles. The molecule has 3 aromatic carbocycles. The monoisotopic (exact) mass is 562 g/mol. The number of hydrogen-bond donors (Lipinski definition) is 0. The number of ether oxygens (including phenoxy) is 2. The smallest absolute Gasteiger partial charge is 0.252 e. The summed E-state index contributed by atoms with van der Waals surface area (Å²) in [6, 6.07) is 15.9. The standard InChI is InChI=1S/C34H43O5P/c1-7-9-11-21-38-28-19-20-30(29(23-28)39-22-12-10-8-2)40(37,33(35)31-24(3)15-13-16-25(31)4)34(36)32-26(5)17-14-18-27(32)6/h13-20,23H,7-12,21-22H2,1-6H3. The van der Waals surface area contributed by atoms with Crippen LogP contribution in [-0.4, -0.2) is 24.3 Å². The number of rotatable bonds is 15. The van der Waals surface area contributed by atoms with Gasteiger partial charge in [0.2, 0.25) is 11.0 Å². The van der Waals surface area contributed by atoms with Crippen molar-refractivity contribution in [3.05, 3.63) is 88.0 Å². The molecule has 0 heterocycles. The molecule has 0 aliphatic carbocycles. The van der Waals surface area contributed by atoms with Crippen molar-refractivity contribution in [3.8, 4) is 11.5 Å². The molecule has 0 saturated carbocycles. The van der Waals surface area contributed by atoms with Gasteiger partial charge in [-0.25, -0.2) is 0 Å². The highest BCUT2D eigenvalue weighted by Gasteiger charge is 2.46. The van der Waals surface area contributed by atoms with E-state index in [9.17, 15) is 9.59 Å². The third kappa shape index (κ3) is 6.93. The highest BCUT2D eigenvalue weighted by molar-refractivity contribution is 8.01. The molecule has 40 heavy (non-hydrogen) atoms. The molecule has 0 atom stereocenters. The van der Waals surface area contributed by atoms with Crippen molar-refractivity contribution in [2.24, 2.45) is 0 Å². The van der Waals surface area contributed by atoms with Gasteiger partial charge in [0.1, 0.15) is 11.5 Å². The van der Waals surface area contributed by atoms with E-state index in [4.69, 9.17) is 9.47 Å². The SMILES string of the molecule is CCCCCOc1ccc(P(=O)(C(=O)c2c(C)cccc2C)C(=O)c2c(C)cccc2C)c(OCCCCC)c1. The van der Waals surface area contributed by atoms with Gasteiger partial charge in [-0.1, -0.05) is 75.9 Å². The van der Waals surface area contributed by atoms with Crippen LogP contribution in [-0.2, 0) is 4.57 Å². The van der Waals surface area contributed by atoms with E-state index in [1.54, 1.807) is 18.2 Å². The molecule has 3 rings (SSSR count). The molecule has 0 aliphatic rings. The largest absolute Gasteiger partial charge is 0.493 e. The minimum absolute atomic E-state index is 0.130. The summed E-state index contributed by atoms with van der Waals surface area (Å²) < 4.78 is 27.5. The van der Waals surface area contributed by atoms with Crippen molar-refractivity contribution in [1.29, 1.82) is 0 Å². The molecule has 3 aromatic rings. The molecular weight excluding hydrogens is 519 g/mol. The number of hydrogen-bond acceptors (Lipinski definition) is 5. The molecular formula is C34H43O5P. The molecule has 214 valence electrons. The first-order valence-corrected chi connectivity index (χ1v) is 16.1. The highest BCUT2D eigenvalue weighted by atomic mass is 31.2. The zero-order chi connectivity index (χ0) is 29.3. The maximum absolute atomic E-state index is 15.3. The van der Waals surface area contributed by atoms with Crippen molar-refractivity contribution < 1.29 is 23.6 Å². The van der Waals surface area contributed by atoms with Gasteiger partial charge >= 0.3 is 0 Å². The van der Waals surface area contributed by atoms with Crippen molar-refractivity contribution in [2.45, 2.75) is 80.1 Å². The second-order valence-electron chi connectivity index (χ2n) is 10.5. The van der Waals surface area contributed by atoms with Crippen LogP contribution in [0.15, 0.2) is 54.6 Å². The third-order valence-electron chi connectivity index (χ3n) is 7.25. The molecule has 0 fully saturated rings. The van der Waals surface area contributed by atoms with E-state index in [1.165, 1.54) is 0 Å². The van der Waals surface area contributed by atoms with Crippen LogP contribution in [0, 0.1) is 27.7 Å². The lowest BCUT2D eigenvalue weighted by molar-refractivity contribution is 0.103. The van der Waals surface area contributed by atoms with Crippen LogP contribution >= 0.6 is 7.14 Å². The van der Waals surface area contributed by atoms with Crippen LogP contribution in [0.4, 0.5) is 0 Å². The first-order chi connectivity index (χ1) is 19.2. The normalized spacial score (nSPS) is 11.3. The Bertz CT molecular complexity index is 1280. The molecule has 0 saturated heterocycles. The van der Waals surface area contributed by atoms with E-state index in [-0.39, 0.29) is 11.1 Å². The van der Waals surface area contributed by atoms with Crippen LogP contribution in [0.25, 0.3) is 0 Å². The number of carbonyl (C=O) groups excluding carboxylic acids is 2. The van der Waals surface area contributed by atoms with E-state index in [0.717, 1.165) is 38.5 Å². The molecule has 0 unspecified atom stereocenters. The Kier molecular flexibility index (Phi) is 11.3. The second kappa shape index (κ2) is 14.5. The van der Waals surface area contributed by atoms with Crippen LogP contribution in [0.2, 0.25) is 0 Å². The van der Waals surface area contributed by atoms with Gasteiger partial charge in [0.05, 0.1) is 18.5 Å². The van der Waals surface area contributed by atoms with Gasteiger partial charge in [-0.15, -0.1) is 0 Å². The summed E-state index contributed by atoms with van der Waals surface area (Å²) in [4.78, 5) is 28.9. The molecule has 6 heteroatoms. The Labute approximate surface area is 239 Å². The summed E-state index contributed by atoms with van der Waals surface area (Å²) in [6.07, 6.45) is 5.85. The Morgan fingerprint density at radius 1 is 0.650 bits per heavy atom. The Morgan fingerprint density at radius 2 is 1.10 bits per heavy atom. The fourth-order valence-corrected chi connectivity index (χ4v) is 7.65. The van der Waals surface area contributed by atoms with E-state index in [1.807, 2.05) is 64.1 Å². The van der Waals surface area contributed by atoms with Gasteiger partial charge in [0.25, 0.3) is 7.14 Å². The topological polar surface area (TPSA) is 69.7 Å². The first kappa shape index (κ1) is 31.4. The Balaban J connectivity index is 2.23. The zero-order valence-corrected chi connectivity index (χ0v) is 25.7. The molecule has 5 nitrogen and oxygen atoms in total. The van der Waals surface area contributed by atoms with Gasteiger partial charge in [-0.05, 0) is 74.9 Å². The minimum Gasteiger partial charge on any atom is -0.493 e. The molecule has 0 amide bonds. The second-order valence-corrected chi connectivity index (χ2v) is 13.0. The molecule has 0 N–H and O–H groups in total. The van der Waals surface area contributed by atoms with Crippen LogP contribution in [0.1, 0.15) is 95.3 Å². The number of unbranched alkanes of at least 4 members (excludes halogenated alkanes) is 4. The zero-order valence-electron chi connectivity index (χ0n) is 24.8. The predicted octanol–water partition coefficient (Wildman–Crippen LogP) is 8.73. The average Bonchev–Trinajstić information content (AvgIpc) is 2.93. The summed E-state index contributed by atoms with van der Waals surface area (Å²) in [5, 5.41) is 0.130. The maximum atomic E-state index is 15.3. The summed E-state index contributed by atoms with van der Waals surface area (Å²) in [6.45, 7) is 12.4. The lowest BCUT2D eigenvalue weighted by atomic mass is 10.0. The molecule has 0 bridgehead atoms. The Hall–Kier alpha value is -3.17. The minimum atomic E-state index is -4.41. The van der Waals surface area contributed by atoms with E-state index in [0.29, 0.717) is 52.3 Å². The fourth-order valence-electron chi connectivity index (χ4n) is 4.97. The molecule has 0 spiro atoms. The summed E-state index contributed by atoms with van der Waals surface area (Å²) >= 11 is 0. The highest BCUT2D eigenvalue weighted by Crippen LogP contribution is 2.54. The van der Waals surface area contributed by atoms with Gasteiger partial charge in [0, 0.05) is 17.2 Å². The first-order valence-electron chi connectivity index (χ1n) is 14.4. The van der Waals surface area contributed by atoms with Crippen molar-refractivity contribution in [3.63, 3.8) is 0 Å². The number of aryl methyl sites for hydroxylation is 4. The quantitative estimate of drug-likeness (QED) is 0.137. The Morgan fingerprint density at radius 3 is 1.55 bits per heavy atom. The van der Waals surface area contributed by atoms with E-state index < -0.39 is 18.2 Å².